The van der Waals surface area contributed by atoms with Gasteiger partial charge >= 0.3 is 0 Å². The van der Waals surface area contributed by atoms with Gasteiger partial charge in [-0.2, -0.15) is 0 Å². The topological polar surface area (TPSA) is 64.4 Å². The van der Waals surface area contributed by atoms with Gasteiger partial charge in [0.1, 0.15) is 12.4 Å². The number of hydrogen-bond acceptors (Lipinski definition) is 4. The third-order valence-corrected chi connectivity index (χ3v) is 2.77. The summed E-state index contributed by atoms with van der Waals surface area (Å²) in [5.74, 6) is 0.627. The quantitative estimate of drug-likeness (QED) is 0.497. The van der Waals surface area contributed by atoms with E-state index in [1.54, 1.807) is 12.1 Å². The van der Waals surface area contributed by atoms with Gasteiger partial charge in [-0.3, -0.25) is 10.1 Å². The normalized spacial score (nSPS) is 10.1. The highest BCUT2D eigenvalue weighted by molar-refractivity contribution is 5.45. The van der Waals surface area contributed by atoms with Crippen LogP contribution in [0.5, 0.6) is 5.75 Å². The maximum Gasteiger partial charge on any atom is 0.269 e. The molecule has 0 aliphatic rings. The number of nitro benzene ring substituents is 1. The summed E-state index contributed by atoms with van der Waals surface area (Å²) in [6.07, 6.45) is 0. The summed E-state index contributed by atoms with van der Waals surface area (Å²) >= 11 is 0. The number of anilines is 1. The van der Waals surface area contributed by atoms with Crippen molar-refractivity contribution in [2.24, 2.45) is 0 Å². The summed E-state index contributed by atoms with van der Waals surface area (Å²) in [5.41, 5.74) is 2.32. The molecule has 0 aliphatic heterocycles. The van der Waals surface area contributed by atoms with E-state index in [-0.39, 0.29) is 5.69 Å². The number of nitrogens with one attached hydrogen (secondary N) is 1. The highest BCUT2D eigenvalue weighted by Crippen LogP contribution is 2.17. The Labute approximate surface area is 117 Å². The Morgan fingerprint density at radius 3 is 2.60 bits per heavy atom. The summed E-state index contributed by atoms with van der Waals surface area (Å²) in [7, 11) is 0. The zero-order valence-corrected chi connectivity index (χ0v) is 11.2. The lowest BCUT2D eigenvalue weighted by atomic mass is 10.2. The molecule has 0 saturated carbocycles. The SMILES string of the molecule is Cc1cccc(NCCOc2ccc([N+](=O)[O-])cc2)c1. The predicted octanol–water partition coefficient (Wildman–Crippen LogP) is 3.39. The van der Waals surface area contributed by atoms with E-state index < -0.39 is 4.92 Å². The molecule has 0 aromatic heterocycles. The Kier molecular flexibility index (Phi) is 4.55. The number of ether oxygens (including phenoxy) is 1. The molecule has 0 amide bonds. The lowest BCUT2D eigenvalue weighted by Gasteiger charge is -2.09. The van der Waals surface area contributed by atoms with E-state index in [1.807, 2.05) is 25.1 Å². The van der Waals surface area contributed by atoms with Crippen LogP contribution in [0, 0.1) is 17.0 Å². The third kappa shape index (κ3) is 3.98. The smallest absolute Gasteiger partial charge is 0.269 e. The first kappa shape index (κ1) is 13.9. The first-order valence-corrected chi connectivity index (χ1v) is 6.33. The largest absolute Gasteiger partial charge is 0.492 e. The van der Waals surface area contributed by atoms with Gasteiger partial charge in [0.15, 0.2) is 0 Å². The molecule has 1 N–H and O–H groups in total. The number of nitrogens with zero attached hydrogens (tertiary/aromatic N) is 1. The van der Waals surface area contributed by atoms with E-state index in [2.05, 4.69) is 11.4 Å². The van der Waals surface area contributed by atoms with Crippen LogP contribution in [-0.4, -0.2) is 18.1 Å². The number of aryl methyl sites for hydroxylation is 1. The molecule has 5 nitrogen and oxygen atoms in total. The van der Waals surface area contributed by atoms with Crippen molar-refractivity contribution in [2.75, 3.05) is 18.5 Å². The van der Waals surface area contributed by atoms with Gasteiger partial charge in [0, 0.05) is 24.4 Å². The molecule has 5 heteroatoms. The van der Waals surface area contributed by atoms with E-state index in [0.717, 1.165) is 5.69 Å². The minimum Gasteiger partial charge on any atom is -0.492 e. The zero-order chi connectivity index (χ0) is 14.4. The molecule has 0 atom stereocenters. The van der Waals surface area contributed by atoms with Gasteiger partial charge in [0.05, 0.1) is 4.92 Å². The van der Waals surface area contributed by atoms with Crippen molar-refractivity contribution in [1.29, 1.82) is 0 Å². The van der Waals surface area contributed by atoms with Gasteiger partial charge < -0.3 is 10.1 Å². The molecule has 2 aromatic rings. The van der Waals surface area contributed by atoms with E-state index in [1.165, 1.54) is 17.7 Å². The highest BCUT2D eigenvalue weighted by Gasteiger charge is 2.03. The number of hydrogen-bond donors (Lipinski definition) is 1. The standard InChI is InChI=1S/C15H16N2O3/c1-12-3-2-4-13(11-12)16-9-10-20-15-7-5-14(6-8-15)17(18)19/h2-8,11,16H,9-10H2,1H3. The van der Waals surface area contributed by atoms with Crippen molar-refractivity contribution in [3.63, 3.8) is 0 Å². The molecule has 2 aromatic carbocycles. The molecule has 0 fully saturated rings. The second-order valence-corrected chi connectivity index (χ2v) is 4.40. The number of nitro groups is 1. The highest BCUT2D eigenvalue weighted by atomic mass is 16.6. The Hall–Kier alpha value is -2.56. The summed E-state index contributed by atoms with van der Waals surface area (Å²) in [4.78, 5) is 10.1. The van der Waals surface area contributed by atoms with Crippen LogP contribution < -0.4 is 10.1 Å². The second-order valence-electron chi connectivity index (χ2n) is 4.40. The number of non-ortho nitro benzene ring substituents is 1. The fourth-order valence-electron chi connectivity index (χ4n) is 1.78. The molecule has 20 heavy (non-hydrogen) atoms. The fraction of sp³-hybridized carbons (Fsp3) is 0.200. The lowest BCUT2D eigenvalue weighted by Crippen LogP contribution is -2.11. The van der Waals surface area contributed by atoms with Gasteiger partial charge in [0.25, 0.3) is 5.69 Å². The summed E-state index contributed by atoms with van der Waals surface area (Å²) in [6.45, 7) is 3.20. The van der Waals surface area contributed by atoms with E-state index in [0.29, 0.717) is 18.9 Å². The molecular weight excluding hydrogens is 256 g/mol. The molecule has 0 spiro atoms. The summed E-state index contributed by atoms with van der Waals surface area (Å²) < 4.78 is 5.51. The van der Waals surface area contributed by atoms with Crippen molar-refractivity contribution >= 4 is 11.4 Å². The van der Waals surface area contributed by atoms with Crippen molar-refractivity contribution < 1.29 is 9.66 Å². The maximum absolute atomic E-state index is 10.5. The van der Waals surface area contributed by atoms with E-state index >= 15 is 0 Å². The number of benzene rings is 2. The van der Waals surface area contributed by atoms with Gasteiger partial charge in [-0.15, -0.1) is 0 Å². The maximum atomic E-state index is 10.5. The Bertz CT molecular complexity index is 582. The van der Waals surface area contributed by atoms with Crippen LogP contribution in [0.3, 0.4) is 0 Å². The van der Waals surface area contributed by atoms with Gasteiger partial charge in [-0.05, 0) is 36.8 Å². The minimum absolute atomic E-state index is 0.0650. The van der Waals surface area contributed by atoms with Crippen LogP contribution in [0.25, 0.3) is 0 Å². The number of rotatable bonds is 6. The Morgan fingerprint density at radius 1 is 1.20 bits per heavy atom. The fourth-order valence-corrected chi connectivity index (χ4v) is 1.78. The van der Waals surface area contributed by atoms with Gasteiger partial charge in [-0.1, -0.05) is 12.1 Å². The predicted molar refractivity (Wildman–Crippen MR) is 78.3 cm³/mol. The second kappa shape index (κ2) is 6.56. The third-order valence-electron chi connectivity index (χ3n) is 2.77. The van der Waals surface area contributed by atoms with Crippen LogP contribution >= 0.6 is 0 Å². The summed E-state index contributed by atoms with van der Waals surface area (Å²) in [6, 6.07) is 14.2. The molecule has 0 heterocycles. The molecule has 0 aliphatic carbocycles. The van der Waals surface area contributed by atoms with Crippen molar-refractivity contribution in [3.05, 3.63) is 64.2 Å². The van der Waals surface area contributed by atoms with Crippen molar-refractivity contribution in [3.8, 4) is 5.75 Å². The molecular formula is C15H16N2O3. The van der Waals surface area contributed by atoms with E-state index in [4.69, 9.17) is 4.74 Å². The molecule has 2 rings (SSSR count). The van der Waals surface area contributed by atoms with Crippen LogP contribution in [0.15, 0.2) is 48.5 Å². The Morgan fingerprint density at radius 2 is 1.95 bits per heavy atom. The molecule has 104 valence electrons. The first-order valence-electron chi connectivity index (χ1n) is 6.33. The van der Waals surface area contributed by atoms with Crippen molar-refractivity contribution in [2.45, 2.75) is 6.92 Å². The summed E-state index contributed by atoms with van der Waals surface area (Å²) in [5, 5.41) is 13.8. The van der Waals surface area contributed by atoms with Crippen LogP contribution in [-0.2, 0) is 0 Å². The molecule has 0 saturated heterocycles. The molecule has 0 unspecified atom stereocenters. The molecule has 0 radical (unpaired) electrons. The monoisotopic (exact) mass is 272 g/mol. The van der Waals surface area contributed by atoms with Crippen molar-refractivity contribution in [1.82, 2.24) is 0 Å². The zero-order valence-electron chi connectivity index (χ0n) is 11.2. The first-order chi connectivity index (χ1) is 9.65. The average Bonchev–Trinajstić information content (AvgIpc) is 2.44. The van der Waals surface area contributed by atoms with Crippen LogP contribution in [0.1, 0.15) is 5.56 Å². The van der Waals surface area contributed by atoms with Gasteiger partial charge in [0.2, 0.25) is 0 Å². The van der Waals surface area contributed by atoms with Gasteiger partial charge in [-0.25, -0.2) is 0 Å². The average molecular weight is 272 g/mol. The minimum atomic E-state index is -0.428. The molecule has 0 bridgehead atoms. The van der Waals surface area contributed by atoms with Crippen LogP contribution in [0.2, 0.25) is 0 Å². The van der Waals surface area contributed by atoms with Crippen LogP contribution in [0.4, 0.5) is 11.4 Å². The lowest BCUT2D eigenvalue weighted by molar-refractivity contribution is -0.384. The van der Waals surface area contributed by atoms with E-state index in [9.17, 15) is 10.1 Å². The Balaban J connectivity index is 1.77.